The second-order valence-corrected chi connectivity index (χ2v) is 2.74. The number of phenolic OH excluding ortho intramolecular Hbond substituents is 1. The number of hydrogen-bond donors (Lipinski definition) is 3. The lowest BCUT2D eigenvalue weighted by atomic mass is 10.1. The zero-order chi connectivity index (χ0) is 9.26. The maximum atomic E-state index is 9.34. The van der Waals surface area contributed by atoms with Crippen LogP contribution in [0.5, 0.6) is 5.75 Å². The minimum Gasteiger partial charge on any atom is -0.506 e. The summed E-state index contributed by atoms with van der Waals surface area (Å²) in [5.74, 6) is 0.0899. The molecule has 1 heterocycles. The molecule has 0 saturated carbocycles. The number of aromatic hydroxyl groups is 1. The highest BCUT2D eigenvalue weighted by Crippen LogP contribution is 2.26. The predicted molar refractivity (Wildman–Crippen MR) is 50.1 cm³/mol. The minimum absolute atomic E-state index is 0.0899. The number of aromatic amines is 1. The second kappa shape index (κ2) is 2.82. The summed E-state index contributed by atoms with van der Waals surface area (Å²) in [7, 11) is 0. The number of nitrogen functional groups attached to an aromatic ring is 1. The van der Waals surface area contributed by atoms with Crippen molar-refractivity contribution in [3.63, 3.8) is 0 Å². The number of benzene rings is 1. The Morgan fingerprint density at radius 1 is 1.38 bits per heavy atom. The minimum atomic E-state index is 0.0899. The van der Waals surface area contributed by atoms with E-state index in [-0.39, 0.29) is 5.75 Å². The number of aromatic nitrogens is 2. The Balaban J connectivity index is 2.49. The molecule has 2 aromatic rings. The van der Waals surface area contributed by atoms with Crippen molar-refractivity contribution in [2.24, 2.45) is 0 Å². The predicted octanol–water partition coefficient (Wildman–Crippen LogP) is 1.36. The Morgan fingerprint density at radius 3 is 2.85 bits per heavy atom. The highest BCUT2D eigenvalue weighted by Gasteiger charge is 2.01. The molecule has 0 aliphatic heterocycles. The molecule has 4 N–H and O–H groups in total. The van der Waals surface area contributed by atoms with Crippen LogP contribution in [-0.2, 0) is 0 Å². The Hall–Kier alpha value is -1.97. The van der Waals surface area contributed by atoms with Gasteiger partial charge in [0.05, 0.1) is 23.9 Å². The maximum absolute atomic E-state index is 9.34. The van der Waals surface area contributed by atoms with Crippen molar-refractivity contribution in [3.05, 3.63) is 30.7 Å². The first-order valence-corrected chi connectivity index (χ1v) is 3.84. The fraction of sp³-hybridized carbons (Fsp3) is 0. The SMILES string of the molecule is Nc1ccc(-c2cnc[nH]2)cc1O. The number of nitrogens with two attached hydrogens (primary N) is 1. The summed E-state index contributed by atoms with van der Waals surface area (Å²) in [6.07, 6.45) is 3.27. The van der Waals surface area contributed by atoms with Gasteiger partial charge in [-0.05, 0) is 12.1 Å². The molecule has 0 aliphatic rings. The molecule has 0 atom stereocenters. The number of nitrogens with one attached hydrogen (secondary N) is 1. The number of H-pyrrole nitrogens is 1. The van der Waals surface area contributed by atoms with E-state index < -0.39 is 0 Å². The van der Waals surface area contributed by atoms with Crippen LogP contribution in [0.2, 0.25) is 0 Å². The third kappa shape index (κ3) is 1.33. The first kappa shape index (κ1) is 7.67. The highest BCUT2D eigenvalue weighted by molar-refractivity contribution is 5.66. The van der Waals surface area contributed by atoms with Crippen LogP contribution in [0.1, 0.15) is 0 Å². The molecular formula is C9H9N3O. The first-order chi connectivity index (χ1) is 6.27. The monoisotopic (exact) mass is 175 g/mol. The first-order valence-electron chi connectivity index (χ1n) is 3.84. The zero-order valence-electron chi connectivity index (χ0n) is 6.86. The number of anilines is 1. The summed E-state index contributed by atoms with van der Waals surface area (Å²) in [6, 6.07) is 5.08. The lowest BCUT2D eigenvalue weighted by Crippen LogP contribution is -1.85. The molecule has 0 aliphatic carbocycles. The third-order valence-electron chi connectivity index (χ3n) is 1.84. The molecule has 0 saturated heterocycles. The fourth-order valence-electron chi connectivity index (χ4n) is 1.12. The van der Waals surface area contributed by atoms with Gasteiger partial charge < -0.3 is 15.8 Å². The summed E-state index contributed by atoms with van der Waals surface area (Å²) in [6.45, 7) is 0. The molecule has 13 heavy (non-hydrogen) atoms. The van der Waals surface area contributed by atoms with Crippen LogP contribution in [0, 0.1) is 0 Å². The molecule has 0 bridgehead atoms. The van der Waals surface area contributed by atoms with E-state index in [4.69, 9.17) is 5.73 Å². The van der Waals surface area contributed by atoms with Gasteiger partial charge in [-0.3, -0.25) is 0 Å². The van der Waals surface area contributed by atoms with Crippen molar-refractivity contribution < 1.29 is 5.11 Å². The van der Waals surface area contributed by atoms with Gasteiger partial charge in [0.25, 0.3) is 0 Å². The van der Waals surface area contributed by atoms with E-state index in [9.17, 15) is 5.11 Å². The lowest BCUT2D eigenvalue weighted by molar-refractivity contribution is 0.478. The van der Waals surface area contributed by atoms with Crippen LogP contribution in [0.25, 0.3) is 11.3 Å². The van der Waals surface area contributed by atoms with Crippen molar-refractivity contribution in [2.75, 3.05) is 5.73 Å². The number of phenols is 1. The van der Waals surface area contributed by atoms with Crippen molar-refractivity contribution in [3.8, 4) is 17.0 Å². The maximum Gasteiger partial charge on any atom is 0.139 e. The van der Waals surface area contributed by atoms with E-state index in [1.54, 1.807) is 24.7 Å². The summed E-state index contributed by atoms with van der Waals surface area (Å²) in [5.41, 5.74) is 7.57. The number of imidazole rings is 1. The van der Waals surface area contributed by atoms with Crippen molar-refractivity contribution in [1.82, 2.24) is 9.97 Å². The van der Waals surface area contributed by atoms with Crippen LogP contribution in [0.4, 0.5) is 5.69 Å². The molecule has 66 valence electrons. The topological polar surface area (TPSA) is 74.9 Å². The average Bonchev–Trinajstić information content (AvgIpc) is 2.62. The van der Waals surface area contributed by atoms with Crippen LogP contribution in [0.15, 0.2) is 30.7 Å². The zero-order valence-corrected chi connectivity index (χ0v) is 6.86. The van der Waals surface area contributed by atoms with E-state index in [1.807, 2.05) is 6.07 Å². The average molecular weight is 175 g/mol. The molecule has 0 amide bonds. The number of rotatable bonds is 1. The molecule has 2 rings (SSSR count). The summed E-state index contributed by atoms with van der Waals surface area (Å²) in [5, 5.41) is 9.34. The summed E-state index contributed by atoms with van der Waals surface area (Å²) >= 11 is 0. The van der Waals surface area contributed by atoms with Crippen molar-refractivity contribution in [1.29, 1.82) is 0 Å². The van der Waals surface area contributed by atoms with Crippen LogP contribution < -0.4 is 5.73 Å². The molecule has 0 spiro atoms. The molecule has 1 aromatic carbocycles. The molecular weight excluding hydrogens is 166 g/mol. The molecule has 4 heteroatoms. The van der Waals surface area contributed by atoms with Gasteiger partial charge >= 0.3 is 0 Å². The van der Waals surface area contributed by atoms with Gasteiger partial charge in [-0.2, -0.15) is 0 Å². The van der Waals surface area contributed by atoms with E-state index in [0.29, 0.717) is 5.69 Å². The molecule has 1 aromatic heterocycles. The van der Waals surface area contributed by atoms with Crippen molar-refractivity contribution in [2.45, 2.75) is 0 Å². The van der Waals surface area contributed by atoms with Gasteiger partial charge in [0.1, 0.15) is 5.75 Å². The van der Waals surface area contributed by atoms with Gasteiger partial charge in [0, 0.05) is 5.56 Å². The number of nitrogens with zero attached hydrogens (tertiary/aromatic N) is 1. The van der Waals surface area contributed by atoms with Crippen LogP contribution in [0.3, 0.4) is 0 Å². The van der Waals surface area contributed by atoms with Gasteiger partial charge in [-0.25, -0.2) is 4.98 Å². The smallest absolute Gasteiger partial charge is 0.139 e. The highest BCUT2D eigenvalue weighted by atomic mass is 16.3. The molecule has 4 nitrogen and oxygen atoms in total. The normalized spacial score (nSPS) is 10.2. The quantitative estimate of drug-likeness (QED) is 0.452. The van der Waals surface area contributed by atoms with E-state index in [1.165, 1.54) is 0 Å². The van der Waals surface area contributed by atoms with Crippen LogP contribution >= 0.6 is 0 Å². The number of hydrogen-bond acceptors (Lipinski definition) is 3. The van der Waals surface area contributed by atoms with Crippen molar-refractivity contribution >= 4 is 5.69 Å². The van der Waals surface area contributed by atoms with E-state index in [0.717, 1.165) is 11.3 Å². The van der Waals surface area contributed by atoms with E-state index >= 15 is 0 Å². The fourth-order valence-corrected chi connectivity index (χ4v) is 1.12. The second-order valence-electron chi connectivity index (χ2n) is 2.74. The van der Waals surface area contributed by atoms with Gasteiger partial charge in [-0.15, -0.1) is 0 Å². The summed E-state index contributed by atoms with van der Waals surface area (Å²) < 4.78 is 0. The lowest BCUT2D eigenvalue weighted by Gasteiger charge is -2.00. The summed E-state index contributed by atoms with van der Waals surface area (Å²) in [4.78, 5) is 6.82. The van der Waals surface area contributed by atoms with Gasteiger partial charge in [0.2, 0.25) is 0 Å². The van der Waals surface area contributed by atoms with E-state index in [2.05, 4.69) is 9.97 Å². The van der Waals surface area contributed by atoms with Gasteiger partial charge in [0.15, 0.2) is 0 Å². The Bertz CT molecular complexity index is 409. The standard InChI is InChI=1S/C9H9N3O/c10-7-2-1-6(3-9(7)13)8-4-11-5-12-8/h1-5,13H,10H2,(H,11,12). The molecule has 0 unspecified atom stereocenters. The molecule has 0 fully saturated rings. The Morgan fingerprint density at radius 2 is 2.23 bits per heavy atom. The Labute approximate surface area is 75.1 Å². The Kier molecular flexibility index (Phi) is 1.66. The molecule has 0 radical (unpaired) electrons. The van der Waals surface area contributed by atoms with Gasteiger partial charge in [-0.1, -0.05) is 6.07 Å². The third-order valence-corrected chi connectivity index (χ3v) is 1.84. The largest absolute Gasteiger partial charge is 0.506 e. The van der Waals surface area contributed by atoms with Crippen LogP contribution in [-0.4, -0.2) is 15.1 Å².